The number of hydrogen-bond donors (Lipinski definition) is 2. The van der Waals surface area contributed by atoms with Crippen molar-refractivity contribution in [2.24, 2.45) is 4.99 Å². The van der Waals surface area contributed by atoms with Gasteiger partial charge in [0.1, 0.15) is 5.82 Å². The Morgan fingerprint density at radius 2 is 2.00 bits per heavy atom. The predicted molar refractivity (Wildman–Crippen MR) is 110 cm³/mol. The maximum absolute atomic E-state index is 13.8. The number of benzene rings is 2. The molecule has 1 aliphatic rings. The highest BCUT2D eigenvalue weighted by Gasteiger charge is 2.20. The molecule has 0 spiro atoms. The molecular formula is C22H27FN4O. The largest absolute Gasteiger partial charge is 0.350 e. The molecule has 148 valence electrons. The highest BCUT2D eigenvalue weighted by atomic mass is 19.1. The van der Waals surface area contributed by atoms with Crippen molar-refractivity contribution in [1.29, 1.82) is 0 Å². The maximum Gasteiger partial charge on any atom is 0.242 e. The molecule has 1 unspecified atom stereocenters. The van der Waals surface area contributed by atoms with Gasteiger partial charge in [-0.2, -0.15) is 0 Å². The highest BCUT2D eigenvalue weighted by Crippen LogP contribution is 2.18. The van der Waals surface area contributed by atoms with Crippen LogP contribution in [0.4, 0.5) is 4.39 Å². The number of aryl methyl sites for hydroxylation is 1. The zero-order valence-corrected chi connectivity index (χ0v) is 16.6. The Morgan fingerprint density at radius 3 is 2.71 bits per heavy atom. The summed E-state index contributed by atoms with van der Waals surface area (Å²) in [6, 6.07) is 13.3. The fourth-order valence-corrected chi connectivity index (χ4v) is 3.34. The summed E-state index contributed by atoms with van der Waals surface area (Å²) in [5.74, 6) is 0.320. The summed E-state index contributed by atoms with van der Waals surface area (Å²) < 4.78 is 13.8. The van der Waals surface area contributed by atoms with Gasteiger partial charge in [-0.3, -0.25) is 9.79 Å². The van der Waals surface area contributed by atoms with Gasteiger partial charge in [-0.1, -0.05) is 36.4 Å². The van der Waals surface area contributed by atoms with E-state index in [0.29, 0.717) is 18.1 Å². The number of guanidine groups is 1. The summed E-state index contributed by atoms with van der Waals surface area (Å²) in [6.45, 7) is 5.20. The van der Waals surface area contributed by atoms with Crippen LogP contribution >= 0.6 is 0 Å². The molecule has 0 saturated carbocycles. The van der Waals surface area contributed by atoms with Crippen LogP contribution in [-0.2, 0) is 17.8 Å². The van der Waals surface area contributed by atoms with Gasteiger partial charge in [0.25, 0.3) is 0 Å². The van der Waals surface area contributed by atoms with E-state index >= 15 is 0 Å². The van der Waals surface area contributed by atoms with E-state index in [9.17, 15) is 9.18 Å². The number of hydrogen-bond acceptors (Lipinski definition) is 2. The Morgan fingerprint density at radius 1 is 1.25 bits per heavy atom. The Bertz CT molecular complexity index is 881. The molecule has 0 aliphatic carbocycles. The second-order valence-electron chi connectivity index (χ2n) is 7.13. The molecule has 0 radical (unpaired) electrons. The third-order valence-electron chi connectivity index (χ3n) is 5.16. The molecule has 1 aliphatic heterocycles. The van der Waals surface area contributed by atoms with Crippen molar-refractivity contribution in [3.05, 3.63) is 70.5 Å². The lowest BCUT2D eigenvalue weighted by molar-refractivity contribution is -0.130. The van der Waals surface area contributed by atoms with E-state index in [1.807, 2.05) is 30.0 Å². The van der Waals surface area contributed by atoms with Gasteiger partial charge in [0.15, 0.2) is 5.96 Å². The van der Waals surface area contributed by atoms with Gasteiger partial charge in [0.05, 0.1) is 12.6 Å². The number of carbonyl (C=O) groups is 1. The molecule has 2 aromatic rings. The summed E-state index contributed by atoms with van der Waals surface area (Å²) >= 11 is 0. The quantitative estimate of drug-likeness (QED) is 0.631. The molecule has 5 nitrogen and oxygen atoms in total. The molecule has 2 aromatic carbocycles. The smallest absolute Gasteiger partial charge is 0.242 e. The van der Waals surface area contributed by atoms with E-state index in [0.717, 1.165) is 18.5 Å². The summed E-state index contributed by atoms with van der Waals surface area (Å²) in [5.41, 5.74) is 3.97. The summed E-state index contributed by atoms with van der Waals surface area (Å²) in [5, 5.41) is 6.28. The minimum absolute atomic E-state index is 0.0338. The molecule has 0 saturated heterocycles. The first-order valence-electron chi connectivity index (χ1n) is 9.55. The number of rotatable bonds is 4. The highest BCUT2D eigenvalue weighted by molar-refractivity contribution is 5.86. The van der Waals surface area contributed by atoms with E-state index in [2.05, 4.69) is 27.8 Å². The lowest BCUT2D eigenvalue weighted by Gasteiger charge is -2.29. The van der Waals surface area contributed by atoms with Gasteiger partial charge in [-0.05, 0) is 48.6 Å². The first kappa shape index (κ1) is 19.9. The molecule has 1 atom stereocenters. The second-order valence-corrected chi connectivity index (χ2v) is 7.13. The average molecular weight is 382 g/mol. The van der Waals surface area contributed by atoms with Crippen molar-refractivity contribution in [3.8, 4) is 0 Å². The summed E-state index contributed by atoms with van der Waals surface area (Å²) in [7, 11) is 1.65. The van der Waals surface area contributed by atoms with E-state index in [1.54, 1.807) is 20.0 Å². The van der Waals surface area contributed by atoms with Crippen molar-refractivity contribution in [3.63, 3.8) is 0 Å². The monoisotopic (exact) mass is 382 g/mol. The van der Waals surface area contributed by atoms with Crippen LogP contribution in [0.25, 0.3) is 0 Å². The zero-order valence-electron chi connectivity index (χ0n) is 16.6. The van der Waals surface area contributed by atoms with E-state index < -0.39 is 0 Å². The van der Waals surface area contributed by atoms with Crippen LogP contribution in [0.15, 0.2) is 47.5 Å². The third kappa shape index (κ3) is 4.68. The Kier molecular flexibility index (Phi) is 6.29. The van der Waals surface area contributed by atoms with Crippen molar-refractivity contribution in [2.45, 2.75) is 32.9 Å². The van der Waals surface area contributed by atoms with E-state index in [4.69, 9.17) is 0 Å². The van der Waals surface area contributed by atoms with Crippen LogP contribution in [-0.4, -0.2) is 36.9 Å². The topological polar surface area (TPSA) is 56.7 Å². The fourth-order valence-electron chi connectivity index (χ4n) is 3.34. The van der Waals surface area contributed by atoms with Crippen molar-refractivity contribution in [1.82, 2.24) is 15.5 Å². The lowest BCUT2D eigenvalue weighted by Crippen LogP contribution is -2.46. The first-order valence-corrected chi connectivity index (χ1v) is 9.55. The van der Waals surface area contributed by atoms with Gasteiger partial charge in [0.2, 0.25) is 5.91 Å². The van der Waals surface area contributed by atoms with Crippen molar-refractivity contribution in [2.75, 3.05) is 20.1 Å². The van der Waals surface area contributed by atoms with Gasteiger partial charge in [0, 0.05) is 20.1 Å². The second kappa shape index (κ2) is 8.87. The molecule has 6 heteroatoms. The van der Waals surface area contributed by atoms with Crippen LogP contribution in [0.5, 0.6) is 0 Å². The maximum atomic E-state index is 13.8. The number of halogens is 1. The van der Waals surface area contributed by atoms with Crippen molar-refractivity contribution < 1.29 is 9.18 Å². The predicted octanol–water partition coefficient (Wildman–Crippen LogP) is 2.95. The number of nitrogens with zero attached hydrogens (tertiary/aromatic N) is 2. The Labute approximate surface area is 165 Å². The number of nitrogens with one attached hydrogen (secondary N) is 2. The van der Waals surface area contributed by atoms with Crippen LogP contribution in [0.3, 0.4) is 0 Å². The van der Waals surface area contributed by atoms with Gasteiger partial charge in [-0.15, -0.1) is 0 Å². The van der Waals surface area contributed by atoms with Crippen LogP contribution in [0, 0.1) is 12.7 Å². The number of amides is 1. The standard InChI is InChI=1S/C22H27FN4O/c1-15-8-9-18(12-20(15)23)16(2)26-22(24-3)25-13-21(28)27-11-10-17-6-4-5-7-19(17)14-27/h4-9,12,16H,10-11,13-14H2,1-3H3,(H2,24,25,26). The summed E-state index contributed by atoms with van der Waals surface area (Å²) in [4.78, 5) is 18.6. The lowest BCUT2D eigenvalue weighted by atomic mass is 10.00. The van der Waals surface area contributed by atoms with E-state index in [1.165, 1.54) is 17.2 Å². The normalized spacial score (nSPS) is 15.0. The minimum Gasteiger partial charge on any atom is -0.350 e. The van der Waals surface area contributed by atoms with Gasteiger partial charge in [-0.25, -0.2) is 4.39 Å². The molecule has 1 amide bonds. The van der Waals surface area contributed by atoms with Crippen LogP contribution in [0.2, 0.25) is 0 Å². The average Bonchev–Trinajstić information content (AvgIpc) is 2.72. The molecule has 1 heterocycles. The molecular weight excluding hydrogens is 355 g/mol. The van der Waals surface area contributed by atoms with Crippen LogP contribution < -0.4 is 10.6 Å². The molecule has 3 rings (SSSR count). The third-order valence-corrected chi connectivity index (χ3v) is 5.16. The fraction of sp³-hybridized carbons (Fsp3) is 0.364. The van der Waals surface area contributed by atoms with E-state index in [-0.39, 0.29) is 24.3 Å². The number of aliphatic imine (C=N–C) groups is 1. The Hall–Kier alpha value is -2.89. The van der Waals surface area contributed by atoms with Gasteiger partial charge >= 0.3 is 0 Å². The minimum atomic E-state index is -0.227. The molecule has 28 heavy (non-hydrogen) atoms. The first-order chi connectivity index (χ1) is 13.5. The number of carbonyl (C=O) groups excluding carboxylic acids is 1. The number of fused-ring (bicyclic) bond motifs is 1. The SMILES string of the molecule is CN=C(NCC(=O)N1CCc2ccccc2C1)NC(C)c1ccc(C)c(F)c1. The Balaban J connectivity index is 1.54. The van der Waals surface area contributed by atoms with Crippen LogP contribution in [0.1, 0.15) is 35.2 Å². The molecule has 0 fully saturated rings. The van der Waals surface area contributed by atoms with Gasteiger partial charge < -0.3 is 15.5 Å². The molecule has 2 N–H and O–H groups in total. The van der Waals surface area contributed by atoms with Crippen molar-refractivity contribution >= 4 is 11.9 Å². The molecule has 0 bridgehead atoms. The zero-order chi connectivity index (χ0) is 20.1. The summed E-state index contributed by atoms with van der Waals surface area (Å²) in [6.07, 6.45) is 0.880. The molecule has 0 aromatic heterocycles.